The first-order valence-corrected chi connectivity index (χ1v) is 8.91. The lowest BCUT2D eigenvalue weighted by molar-refractivity contribution is 0.475. The fraction of sp³-hybridized carbons (Fsp3) is 1.00. The highest BCUT2D eigenvalue weighted by Gasteiger charge is 2.26. The monoisotopic (exact) mass is 276 g/mol. The van der Waals surface area contributed by atoms with Gasteiger partial charge >= 0.3 is 0 Å². The van der Waals surface area contributed by atoms with Gasteiger partial charge in [0.2, 0.25) is 10.0 Å². The van der Waals surface area contributed by atoms with Gasteiger partial charge < -0.3 is 5.32 Å². The summed E-state index contributed by atoms with van der Waals surface area (Å²) in [5.41, 5.74) is 0. The predicted molar refractivity (Wildman–Crippen MR) is 76.1 cm³/mol. The Morgan fingerprint density at radius 2 is 1.94 bits per heavy atom. The first kappa shape index (κ1) is 15.9. The first-order chi connectivity index (χ1) is 8.55. The fourth-order valence-electron chi connectivity index (χ4n) is 2.45. The van der Waals surface area contributed by atoms with Crippen LogP contribution in [0, 0.1) is 5.92 Å². The molecule has 108 valence electrons. The second-order valence-corrected chi connectivity index (χ2v) is 7.28. The van der Waals surface area contributed by atoms with E-state index < -0.39 is 10.0 Å². The van der Waals surface area contributed by atoms with Crippen molar-refractivity contribution in [2.75, 3.05) is 18.8 Å². The molecule has 4 nitrogen and oxygen atoms in total. The summed E-state index contributed by atoms with van der Waals surface area (Å²) >= 11 is 0. The van der Waals surface area contributed by atoms with Gasteiger partial charge in [-0.2, -0.15) is 0 Å². The van der Waals surface area contributed by atoms with E-state index in [2.05, 4.69) is 23.9 Å². The van der Waals surface area contributed by atoms with Gasteiger partial charge in [0.15, 0.2) is 0 Å². The summed E-state index contributed by atoms with van der Waals surface area (Å²) in [4.78, 5) is 0. The van der Waals surface area contributed by atoms with Crippen LogP contribution in [0.2, 0.25) is 0 Å². The lowest BCUT2D eigenvalue weighted by Gasteiger charge is -2.17. The molecule has 1 aliphatic rings. The molecule has 0 radical (unpaired) electrons. The van der Waals surface area contributed by atoms with E-state index in [0.29, 0.717) is 5.92 Å². The summed E-state index contributed by atoms with van der Waals surface area (Å²) in [6, 6.07) is 0.174. The SMILES string of the molecule is CCCNCCCCS(=O)(=O)NC1CCCC1C. The van der Waals surface area contributed by atoms with Crippen LogP contribution in [0.1, 0.15) is 52.4 Å². The average molecular weight is 276 g/mol. The minimum absolute atomic E-state index is 0.174. The van der Waals surface area contributed by atoms with E-state index >= 15 is 0 Å². The maximum atomic E-state index is 11.9. The molecule has 1 saturated carbocycles. The minimum Gasteiger partial charge on any atom is -0.317 e. The van der Waals surface area contributed by atoms with E-state index in [9.17, 15) is 8.42 Å². The van der Waals surface area contributed by atoms with E-state index in [4.69, 9.17) is 0 Å². The lowest BCUT2D eigenvalue weighted by Crippen LogP contribution is -2.37. The van der Waals surface area contributed by atoms with Crippen LogP contribution < -0.4 is 10.0 Å². The smallest absolute Gasteiger partial charge is 0.211 e. The van der Waals surface area contributed by atoms with Crippen molar-refractivity contribution >= 4 is 10.0 Å². The van der Waals surface area contributed by atoms with E-state index in [-0.39, 0.29) is 11.8 Å². The van der Waals surface area contributed by atoms with Gasteiger partial charge in [-0.3, -0.25) is 0 Å². The van der Waals surface area contributed by atoms with Crippen LogP contribution in [0.5, 0.6) is 0 Å². The van der Waals surface area contributed by atoms with Crippen molar-refractivity contribution in [3.05, 3.63) is 0 Å². The van der Waals surface area contributed by atoms with E-state index in [1.807, 2.05) is 0 Å². The van der Waals surface area contributed by atoms with Crippen molar-refractivity contribution in [1.82, 2.24) is 10.0 Å². The number of nitrogens with one attached hydrogen (secondary N) is 2. The predicted octanol–water partition coefficient (Wildman–Crippen LogP) is 1.87. The zero-order valence-electron chi connectivity index (χ0n) is 11.7. The van der Waals surface area contributed by atoms with Gasteiger partial charge in [0.1, 0.15) is 0 Å². The topological polar surface area (TPSA) is 58.2 Å². The Kier molecular flexibility index (Phi) is 7.19. The van der Waals surface area contributed by atoms with Crippen LogP contribution in [-0.2, 0) is 10.0 Å². The summed E-state index contributed by atoms with van der Waals surface area (Å²) in [6.45, 7) is 6.20. The molecule has 0 aliphatic heterocycles. The molecule has 2 N–H and O–H groups in total. The third kappa shape index (κ3) is 6.16. The standard InChI is InChI=1S/C13H28N2O2S/c1-3-9-14-10-4-5-11-18(16,17)15-13-8-6-7-12(13)2/h12-15H,3-11H2,1-2H3. The highest BCUT2D eigenvalue weighted by atomic mass is 32.2. The van der Waals surface area contributed by atoms with Crippen LogP contribution in [0.4, 0.5) is 0 Å². The molecule has 0 aromatic rings. The van der Waals surface area contributed by atoms with Crippen molar-refractivity contribution in [3.8, 4) is 0 Å². The van der Waals surface area contributed by atoms with E-state index in [1.54, 1.807) is 0 Å². The normalized spacial score (nSPS) is 24.6. The molecule has 0 aromatic heterocycles. The Hall–Kier alpha value is -0.130. The van der Waals surface area contributed by atoms with Gasteiger partial charge in [-0.05, 0) is 51.1 Å². The third-order valence-electron chi connectivity index (χ3n) is 3.64. The number of sulfonamides is 1. The molecule has 0 bridgehead atoms. The van der Waals surface area contributed by atoms with Gasteiger partial charge in [-0.1, -0.05) is 20.3 Å². The second kappa shape index (κ2) is 8.12. The minimum atomic E-state index is -3.07. The number of hydrogen-bond acceptors (Lipinski definition) is 3. The van der Waals surface area contributed by atoms with Crippen molar-refractivity contribution in [2.24, 2.45) is 5.92 Å². The molecule has 1 rings (SSSR count). The van der Waals surface area contributed by atoms with Gasteiger partial charge in [-0.15, -0.1) is 0 Å². The molecular weight excluding hydrogens is 248 g/mol. The van der Waals surface area contributed by atoms with Gasteiger partial charge in [0.25, 0.3) is 0 Å². The van der Waals surface area contributed by atoms with Crippen molar-refractivity contribution < 1.29 is 8.42 Å². The molecule has 5 heteroatoms. The largest absolute Gasteiger partial charge is 0.317 e. The Morgan fingerprint density at radius 3 is 2.56 bits per heavy atom. The van der Waals surface area contributed by atoms with E-state index in [1.165, 1.54) is 0 Å². The fourth-order valence-corrected chi connectivity index (χ4v) is 3.97. The van der Waals surface area contributed by atoms with Crippen molar-refractivity contribution in [2.45, 2.75) is 58.4 Å². The summed E-state index contributed by atoms with van der Waals surface area (Å²) in [5, 5.41) is 3.29. The van der Waals surface area contributed by atoms with Gasteiger partial charge in [0, 0.05) is 6.04 Å². The molecule has 1 aliphatic carbocycles. The zero-order valence-corrected chi connectivity index (χ0v) is 12.6. The maximum Gasteiger partial charge on any atom is 0.211 e. The maximum absolute atomic E-state index is 11.9. The first-order valence-electron chi connectivity index (χ1n) is 7.26. The number of unbranched alkanes of at least 4 members (excludes halogenated alkanes) is 1. The molecule has 0 spiro atoms. The van der Waals surface area contributed by atoms with Crippen LogP contribution in [0.3, 0.4) is 0 Å². The molecule has 0 aromatic carbocycles. The number of rotatable bonds is 9. The third-order valence-corrected chi connectivity index (χ3v) is 5.12. The highest BCUT2D eigenvalue weighted by Crippen LogP contribution is 2.25. The quantitative estimate of drug-likeness (QED) is 0.632. The number of hydrogen-bond donors (Lipinski definition) is 2. The summed E-state index contributed by atoms with van der Waals surface area (Å²) < 4.78 is 26.6. The molecule has 2 atom stereocenters. The Balaban J connectivity index is 2.15. The summed E-state index contributed by atoms with van der Waals surface area (Å²) in [7, 11) is -3.07. The van der Waals surface area contributed by atoms with Crippen LogP contribution in [-0.4, -0.2) is 33.3 Å². The van der Waals surface area contributed by atoms with Crippen LogP contribution in [0.15, 0.2) is 0 Å². The van der Waals surface area contributed by atoms with Crippen molar-refractivity contribution in [3.63, 3.8) is 0 Å². The van der Waals surface area contributed by atoms with Gasteiger partial charge in [-0.25, -0.2) is 13.1 Å². The lowest BCUT2D eigenvalue weighted by atomic mass is 10.1. The average Bonchev–Trinajstić information content (AvgIpc) is 2.69. The molecule has 1 fully saturated rings. The summed E-state index contributed by atoms with van der Waals surface area (Å²) in [5.74, 6) is 0.760. The van der Waals surface area contributed by atoms with Crippen LogP contribution in [0.25, 0.3) is 0 Å². The Bertz CT molecular complexity index is 317. The molecule has 0 saturated heterocycles. The van der Waals surface area contributed by atoms with Crippen LogP contribution >= 0.6 is 0 Å². The Morgan fingerprint density at radius 1 is 1.17 bits per heavy atom. The van der Waals surface area contributed by atoms with Gasteiger partial charge in [0.05, 0.1) is 5.75 Å². The molecule has 18 heavy (non-hydrogen) atoms. The summed E-state index contributed by atoms with van der Waals surface area (Å²) in [6.07, 6.45) is 6.09. The Labute approximate surface area is 112 Å². The highest BCUT2D eigenvalue weighted by molar-refractivity contribution is 7.89. The molecule has 2 unspecified atom stereocenters. The van der Waals surface area contributed by atoms with Crippen molar-refractivity contribution in [1.29, 1.82) is 0 Å². The molecule has 0 heterocycles. The zero-order chi connectivity index (χ0) is 13.4. The second-order valence-electron chi connectivity index (χ2n) is 5.41. The molecule has 0 amide bonds. The van der Waals surface area contributed by atoms with E-state index in [0.717, 1.165) is 51.6 Å². The molecular formula is C13H28N2O2S.